The summed E-state index contributed by atoms with van der Waals surface area (Å²) in [5.74, 6) is -0.724. The van der Waals surface area contributed by atoms with Gasteiger partial charge in [0, 0.05) is 23.3 Å². The lowest BCUT2D eigenvalue weighted by molar-refractivity contribution is -0.384. The predicted molar refractivity (Wildman–Crippen MR) is 75.4 cm³/mol. The minimum Gasteiger partial charge on any atom is -0.466 e. The first kappa shape index (κ1) is 14.6. The lowest BCUT2D eigenvalue weighted by Gasteiger charge is -2.13. The summed E-state index contributed by atoms with van der Waals surface area (Å²) in [6.07, 6.45) is 3.84. The maximum atomic E-state index is 11.9. The largest absolute Gasteiger partial charge is 0.466 e. The Morgan fingerprint density at radius 3 is 2.48 bits per heavy atom. The lowest BCUT2D eigenvalue weighted by Crippen LogP contribution is -2.14. The third-order valence-electron chi connectivity index (χ3n) is 3.18. The fourth-order valence-corrected chi connectivity index (χ4v) is 2.04. The van der Waals surface area contributed by atoms with Gasteiger partial charge in [0.25, 0.3) is 5.69 Å². The number of hydrogen-bond acceptors (Lipinski definition) is 5. The van der Waals surface area contributed by atoms with Crippen molar-refractivity contribution in [1.82, 2.24) is 0 Å². The minimum atomic E-state index is -0.488. The van der Waals surface area contributed by atoms with Crippen molar-refractivity contribution in [3.63, 3.8) is 0 Å². The van der Waals surface area contributed by atoms with Gasteiger partial charge in [-0.3, -0.25) is 14.9 Å². The number of nitro groups is 1. The van der Waals surface area contributed by atoms with Crippen LogP contribution in [0.25, 0.3) is 6.08 Å². The van der Waals surface area contributed by atoms with Gasteiger partial charge in [-0.05, 0) is 42.7 Å². The van der Waals surface area contributed by atoms with Crippen LogP contribution in [0.1, 0.15) is 18.4 Å². The van der Waals surface area contributed by atoms with Crippen molar-refractivity contribution in [2.45, 2.75) is 12.8 Å². The molecular formula is C15H13NO5. The van der Waals surface area contributed by atoms with E-state index in [1.54, 1.807) is 18.2 Å². The van der Waals surface area contributed by atoms with Crippen LogP contribution in [0.2, 0.25) is 0 Å². The molecule has 0 spiro atoms. The zero-order valence-electron chi connectivity index (χ0n) is 11.4. The third kappa shape index (κ3) is 3.42. The molecule has 0 aliphatic heterocycles. The molecule has 0 bridgehead atoms. The number of carbonyl (C=O) groups is 2. The molecule has 1 aromatic carbocycles. The maximum Gasteiger partial charge on any atom is 0.333 e. The molecule has 0 amide bonds. The molecule has 0 saturated carbocycles. The Morgan fingerprint density at radius 2 is 1.95 bits per heavy atom. The Kier molecular flexibility index (Phi) is 4.27. The van der Waals surface area contributed by atoms with E-state index in [4.69, 9.17) is 0 Å². The highest BCUT2D eigenvalue weighted by Crippen LogP contribution is 2.24. The molecule has 0 radical (unpaired) electrons. The first-order valence-electron chi connectivity index (χ1n) is 6.29. The second-order valence-electron chi connectivity index (χ2n) is 4.54. The topological polar surface area (TPSA) is 86.5 Å². The highest BCUT2D eigenvalue weighted by Gasteiger charge is 2.20. The molecule has 1 aliphatic carbocycles. The van der Waals surface area contributed by atoms with Crippen LogP contribution < -0.4 is 0 Å². The van der Waals surface area contributed by atoms with E-state index >= 15 is 0 Å². The molecule has 0 heterocycles. The van der Waals surface area contributed by atoms with E-state index in [-0.39, 0.29) is 11.5 Å². The Labute approximate surface area is 120 Å². The van der Waals surface area contributed by atoms with Crippen molar-refractivity contribution in [3.05, 3.63) is 57.2 Å². The van der Waals surface area contributed by atoms with Gasteiger partial charge in [0.1, 0.15) is 0 Å². The second-order valence-corrected chi connectivity index (χ2v) is 4.54. The van der Waals surface area contributed by atoms with Crippen LogP contribution in [0.15, 0.2) is 41.5 Å². The minimum absolute atomic E-state index is 0.00000553. The molecule has 0 fully saturated rings. The van der Waals surface area contributed by atoms with Crippen LogP contribution in [0.5, 0.6) is 0 Å². The molecular weight excluding hydrogens is 274 g/mol. The SMILES string of the molecule is COC(=O)C1=CC(=O)/C(=C/c2ccc([N+](=O)[O-])cc2)CC1. The number of ketones is 1. The summed E-state index contributed by atoms with van der Waals surface area (Å²) in [5.41, 5.74) is 1.64. The number of methoxy groups -OCH3 is 1. The standard InChI is InChI=1S/C15H13NO5/c1-21-15(18)12-5-4-11(14(17)9-12)8-10-2-6-13(7-3-10)16(19)20/h2-3,6-9H,4-5H2,1H3/b11-8+. The highest BCUT2D eigenvalue weighted by atomic mass is 16.6. The van der Waals surface area contributed by atoms with Gasteiger partial charge in [-0.25, -0.2) is 4.79 Å². The van der Waals surface area contributed by atoms with Crippen molar-refractivity contribution in [1.29, 1.82) is 0 Å². The Balaban J connectivity index is 2.19. The molecule has 0 aromatic heterocycles. The van der Waals surface area contributed by atoms with E-state index in [0.717, 1.165) is 0 Å². The average molecular weight is 287 g/mol. The van der Waals surface area contributed by atoms with Crippen LogP contribution in [-0.2, 0) is 14.3 Å². The number of benzene rings is 1. The number of carbonyl (C=O) groups excluding carboxylic acids is 2. The van der Waals surface area contributed by atoms with Crippen molar-refractivity contribution < 1.29 is 19.2 Å². The van der Waals surface area contributed by atoms with Crippen LogP contribution in [0.3, 0.4) is 0 Å². The average Bonchev–Trinajstić information content (AvgIpc) is 2.49. The first-order chi connectivity index (χ1) is 10.0. The smallest absolute Gasteiger partial charge is 0.333 e. The van der Waals surface area contributed by atoms with Crippen molar-refractivity contribution in [2.24, 2.45) is 0 Å². The predicted octanol–water partition coefficient (Wildman–Crippen LogP) is 2.44. The van der Waals surface area contributed by atoms with Gasteiger partial charge in [-0.15, -0.1) is 0 Å². The van der Waals surface area contributed by atoms with Gasteiger partial charge >= 0.3 is 5.97 Å². The van der Waals surface area contributed by atoms with Crippen molar-refractivity contribution >= 4 is 23.5 Å². The van der Waals surface area contributed by atoms with E-state index in [0.29, 0.717) is 29.6 Å². The Hall–Kier alpha value is -2.76. The Bertz CT molecular complexity index is 655. The number of hydrogen-bond donors (Lipinski definition) is 0. The third-order valence-corrected chi connectivity index (χ3v) is 3.18. The first-order valence-corrected chi connectivity index (χ1v) is 6.29. The van der Waals surface area contributed by atoms with Gasteiger partial charge in [0.2, 0.25) is 0 Å². The van der Waals surface area contributed by atoms with Gasteiger partial charge in [0.05, 0.1) is 12.0 Å². The van der Waals surface area contributed by atoms with E-state index in [1.165, 1.54) is 25.3 Å². The summed E-state index contributed by atoms with van der Waals surface area (Å²) >= 11 is 0. The summed E-state index contributed by atoms with van der Waals surface area (Å²) in [6, 6.07) is 5.93. The van der Waals surface area contributed by atoms with E-state index in [1.807, 2.05) is 0 Å². The van der Waals surface area contributed by atoms with Gasteiger partial charge in [0.15, 0.2) is 5.78 Å². The quantitative estimate of drug-likeness (QED) is 0.369. The molecule has 0 saturated heterocycles. The van der Waals surface area contributed by atoms with E-state index < -0.39 is 10.9 Å². The molecule has 21 heavy (non-hydrogen) atoms. The molecule has 1 aromatic rings. The molecule has 0 atom stereocenters. The molecule has 6 nitrogen and oxygen atoms in total. The molecule has 2 rings (SSSR count). The van der Waals surface area contributed by atoms with E-state index in [2.05, 4.69) is 4.74 Å². The second kappa shape index (κ2) is 6.13. The van der Waals surface area contributed by atoms with Crippen LogP contribution in [0.4, 0.5) is 5.69 Å². The highest BCUT2D eigenvalue weighted by molar-refractivity contribution is 6.12. The van der Waals surface area contributed by atoms with Crippen LogP contribution in [-0.4, -0.2) is 23.8 Å². The molecule has 108 valence electrons. The fourth-order valence-electron chi connectivity index (χ4n) is 2.04. The number of rotatable bonds is 3. The van der Waals surface area contributed by atoms with Crippen LogP contribution in [0, 0.1) is 10.1 Å². The maximum absolute atomic E-state index is 11.9. The summed E-state index contributed by atoms with van der Waals surface area (Å²) < 4.78 is 4.58. The van der Waals surface area contributed by atoms with E-state index in [9.17, 15) is 19.7 Å². The molecule has 0 N–H and O–H groups in total. The fraction of sp³-hybridized carbons (Fsp3) is 0.200. The molecule has 0 unspecified atom stereocenters. The Morgan fingerprint density at radius 1 is 1.29 bits per heavy atom. The van der Waals surface area contributed by atoms with Gasteiger partial charge in [-0.1, -0.05) is 0 Å². The van der Waals surface area contributed by atoms with Crippen molar-refractivity contribution in [2.75, 3.05) is 7.11 Å². The monoisotopic (exact) mass is 287 g/mol. The lowest BCUT2D eigenvalue weighted by atomic mass is 9.92. The molecule has 1 aliphatic rings. The number of non-ortho nitro benzene ring substituents is 1. The normalized spacial score (nSPS) is 16.5. The summed E-state index contributed by atoms with van der Waals surface area (Å²) in [6.45, 7) is 0. The zero-order chi connectivity index (χ0) is 15.4. The zero-order valence-corrected chi connectivity index (χ0v) is 11.4. The summed E-state index contributed by atoms with van der Waals surface area (Å²) in [4.78, 5) is 33.4. The van der Waals surface area contributed by atoms with Gasteiger partial charge < -0.3 is 4.74 Å². The summed E-state index contributed by atoms with van der Waals surface area (Å²) in [7, 11) is 1.27. The van der Waals surface area contributed by atoms with Crippen molar-refractivity contribution in [3.8, 4) is 0 Å². The number of nitro benzene ring substituents is 1. The number of esters is 1. The molecule has 6 heteroatoms. The van der Waals surface area contributed by atoms with Crippen LogP contribution >= 0.6 is 0 Å². The summed E-state index contributed by atoms with van der Waals surface area (Å²) in [5, 5.41) is 10.6. The number of allylic oxidation sites excluding steroid dienone is 2. The van der Waals surface area contributed by atoms with Gasteiger partial charge in [-0.2, -0.15) is 0 Å². The number of nitrogens with zero attached hydrogens (tertiary/aromatic N) is 1. The number of ether oxygens (including phenoxy) is 1.